The van der Waals surface area contributed by atoms with Gasteiger partial charge in [0, 0.05) is 0 Å². The fraction of sp³-hybridized carbons (Fsp3) is 0.273. The van der Waals surface area contributed by atoms with Gasteiger partial charge in [0.15, 0.2) is 0 Å². The van der Waals surface area contributed by atoms with Gasteiger partial charge in [-0.15, -0.1) is 0 Å². The van der Waals surface area contributed by atoms with Gasteiger partial charge in [0.2, 0.25) is 0 Å². The summed E-state index contributed by atoms with van der Waals surface area (Å²) in [6.07, 6.45) is 0. The molecule has 15 heavy (non-hydrogen) atoms. The summed E-state index contributed by atoms with van der Waals surface area (Å²) in [5, 5.41) is 17.6. The molecule has 0 bridgehead atoms. The number of methoxy groups -OCH3 is 1. The fourth-order valence-corrected chi connectivity index (χ4v) is 1.21. The van der Waals surface area contributed by atoms with Crippen molar-refractivity contribution in [3.63, 3.8) is 0 Å². The van der Waals surface area contributed by atoms with Crippen molar-refractivity contribution in [1.29, 1.82) is 5.26 Å². The Morgan fingerprint density at radius 3 is 2.73 bits per heavy atom. The normalized spacial score (nSPS) is 11.5. The van der Waals surface area contributed by atoms with Crippen LogP contribution in [-0.2, 0) is 4.79 Å². The molecule has 1 aromatic carbocycles. The van der Waals surface area contributed by atoms with Crippen LogP contribution in [0.25, 0.3) is 0 Å². The van der Waals surface area contributed by atoms with Crippen LogP contribution in [0.5, 0.6) is 5.75 Å². The predicted octanol–water partition coefficient (Wildman–Crippen LogP) is 1.75. The van der Waals surface area contributed by atoms with Crippen LogP contribution in [0.15, 0.2) is 18.2 Å². The van der Waals surface area contributed by atoms with E-state index in [0.29, 0.717) is 16.9 Å². The van der Waals surface area contributed by atoms with Crippen LogP contribution in [0.2, 0.25) is 0 Å². The third-order valence-electron chi connectivity index (χ3n) is 2.22. The highest BCUT2D eigenvalue weighted by Crippen LogP contribution is 2.24. The van der Waals surface area contributed by atoms with Gasteiger partial charge in [-0.25, -0.2) is 0 Å². The van der Waals surface area contributed by atoms with Crippen molar-refractivity contribution in [3.8, 4) is 11.8 Å². The zero-order valence-corrected chi connectivity index (χ0v) is 8.52. The Morgan fingerprint density at radius 1 is 1.60 bits per heavy atom. The molecule has 0 aromatic heterocycles. The number of nitriles is 1. The molecule has 0 heterocycles. The molecular weight excluding hydrogens is 194 g/mol. The Hall–Kier alpha value is -2.02. The van der Waals surface area contributed by atoms with Gasteiger partial charge in [0.1, 0.15) is 11.8 Å². The molecule has 4 nitrogen and oxygen atoms in total. The highest BCUT2D eigenvalue weighted by atomic mass is 16.5. The molecule has 4 heteroatoms. The molecule has 0 radical (unpaired) electrons. The van der Waals surface area contributed by atoms with E-state index in [1.165, 1.54) is 7.11 Å². The van der Waals surface area contributed by atoms with E-state index < -0.39 is 11.9 Å². The van der Waals surface area contributed by atoms with Crippen LogP contribution in [0, 0.1) is 11.3 Å². The topological polar surface area (TPSA) is 70.3 Å². The second-order valence-corrected chi connectivity index (χ2v) is 3.13. The molecule has 0 saturated carbocycles. The van der Waals surface area contributed by atoms with Gasteiger partial charge in [0.25, 0.3) is 0 Å². The summed E-state index contributed by atoms with van der Waals surface area (Å²) in [7, 11) is 1.45. The summed E-state index contributed by atoms with van der Waals surface area (Å²) >= 11 is 0. The number of benzene rings is 1. The molecule has 78 valence electrons. The molecule has 0 amide bonds. The van der Waals surface area contributed by atoms with Crippen molar-refractivity contribution in [2.24, 2.45) is 0 Å². The minimum absolute atomic E-state index is 0.402. The average Bonchev–Trinajstić information content (AvgIpc) is 2.26. The lowest BCUT2D eigenvalue weighted by Gasteiger charge is -2.09. The zero-order valence-electron chi connectivity index (χ0n) is 8.52. The van der Waals surface area contributed by atoms with Crippen LogP contribution in [-0.4, -0.2) is 18.2 Å². The van der Waals surface area contributed by atoms with E-state index in [1.807, 2.05) is 6.07 Å². The van der Waals surface area contributed by atoms with Crippen molar-refractivity contribution >= 4 is 5.97 Å². The number of hydrogen-bond acceptors (Lipinski definition) is 3. The third-order valence-corrected chi connectivity index (χ3v) is 2.22. The summed E-state index contributed by atoms with van der Waals surface area (Å²) in [6.45, 7) is 1.59. The lowest BCUT2D eigenvalue weighted by atomic mass is 9.99. The maximum atomic E-state index is 10.7. The number of carbonyl (C=O) groups is 1. The maximum Gasteiger partial charge on any atom is 0.310 e. The molecule has 0 aliphatic rings. The number of carboxylic acids is 1. The van der Waals surface area contributed by atoms with Gasteiger partial charge in [0.05, 0.1) is 18.6 Å². The number of rotatable bonds is 3. The van der Waals surface area contributed by atoms with E-state index in [0.717, 1.165) is 0 Å². The Bertz CT molecular complexity index is 420. The molecule has 0 spiro atoms. The van der Waals surface area contributed by atoms with E-state index in [2.05, 4.69) is 0 Å². The molecule has 0 fully saturated rings. The van der Waals surface area contributed by atoms with Crippen LogP contribution >= 0.6 is 0 Å². The SMILES string of the molecule is COc1cc([C@@H](C)C(=O)O)ccc1C#N. The summed E-state index contributed by atoms with van der Waals surface area (Å²) < 4.78 is 4.99. The lowest BCUT2D eigenvalue weighted by Crippen LogP contribution is -2.07. The first kappa shape index (κ1) is 11.1. The van der Waals surface area contributed by atoms with E-state index in [4.69, 9.17) is 15.1 Å². The van der Waals surface area contributed by atoms with Crippen molar-refractivity contribution < 1.29 is 14.6 Å². The number of nitrogens with zero attached hydrogens (tertiary/aromatic N) is 1. The van der Waals surface area contributed by atoms with Crippen LogP contribution in [0.3, 0.4) is 0 Å². The third kappa shape index (κ3) is 2.26. The molecule has 0 saturated heterocycles. The highest BCUT2D eigenvalue weighted by Gasteiger charge is 2.15. The minimum atomic E-state index is -0.901. The first-order chi connectivity index (χ1) is 7.10. The van der Waals surface area contributed by atoms with Gasteiger partial charge < -0.3 is 9.84 Å². The number of aliphatic carboxylic acids is 1. The molecule has 0 aliphatic heterocycles. The van der Waals surface area contributed by atoms with Gasteiger partial charge in [-0.2, -0.15) is 5.26 Å². The van der Waals surface area contributed by atoms with Crippen molar-refractivity contribution in [1.82, 2.24) is 0 Å². The zero-order chi connectivity index (χ0) is 11.4. The molecular formula is C11H11NO3. The monoisotopic (exact) mass is 205 g/mol. The first-order valence-electron chi connectivity index (χ1n) is 4.41. The summed E-state index contributed by atoms with van der Waals surface area (Å²) in [5.74, 6) is -1.10. The summed E-state index contributed by atoms with van der Waals surface area (Å²) in [5.41, 5.74) is 1.03. The summed E-state index contributed by atoms with van der Waals surface area (Å²) in [4.78, 5) is 10.7. The number of ether oxygens (including phenoxy) is 1. The van der Waals surface area contributed by atoms with Crippen molar-refractivity contribution in [2.75, 3.05) is 7.11 Å². The Morgan fingerprint density at radius 2 is 2.27 bits per heavy atom. The van der Waals surface area contributed by atoms with Crippen LogP contribution in [0.4, 0.5) is 0 Å². The molecule has 1 rings (SSSR count). The Balaban J connectivity index is 3.15. The lowest BCUT2D eigenvalue weighted by molar-refractivity contribution is -0.138. The quantitative estimate of drug-likeness (QED) is 0.816. The number of carboxylic acid groups (broad SMARTS) is 1. The largest absolute Gasteiger partial charge is 0.495 e. The van der Waals surface area contributed by atoms with Gasteiger partial charge >= 0.3 is 5.97 Å². The van der Waals surface area contributed by atoms with Gasteiger partial charge in [-0.05, 0) is 24.6 Å². The smallest absolute Gasteiger partial charge is 0.310 e. The van der Waals surface area contributed by atoms with E-state index in [1.54, 1.807) is 25.1 Å². The molecule has 1 atom stereocenters. The van der Waals surface area contributed by atoms with E-state index in [9.17, 15) is 4.79 Å². The van der Waals surface area contributed by atoms with Gasteiger partial charge in [-0.1, -0.05) is 6.07 Å². The van der Waals surface area contributed by atoms with Crippen LogP contribution < -0.4 is 4.74 Å². The fourth-order valence-electron chi connectivity index (χ4n) is 1.21. The summed E-state index contributed by atoms with van der Waals surface area (Å²) in [6, 6.07) is 6.74. The van der Waals surface area contributed by atoms with Crippen molar-refractivity contribution in [3.05, 3.63) is 29.3 Å². The minimum Gasteiger partial charge on any atom is -0.495 e. The Labute approximate surface area is 87.7 Å². The molecule has 1 aromatic rings. The Kier molecular flexibility index (Phi) is 3.29. The van der Waals surface area contributed by atoms with E-state index in [-0.39, 0.29) is 0 Å². The van der Waals surface area contributed by atoms with Gasteiger partial charge in [-0.3, -0.25) is 4.79 Å². The maximum absolute atomic E-state index is 10.7. The van der Waals surface area contributed by atoms with E-state index >= 15 is 0 Å². The second kappa shape index (κ2) is 4.47. The highest BCUT2D eigenvalue weighted by molar-refractivity contribution is 5.75. The molecule has 0 unspecified atom stereocenters. The standard InChI is InChI=1S/C11H11NO3/c1-7(11(13)14)8-3-4-9(6-12)10(5-8)15-2/h3-5,7H,1-2H3,(H,13,14)/t7-/m1/s1. The molecule has 0 aliphatic carbocycles. The molecule has 1 N–H and O–H groups in total. The predicted molar refractivity (Wildman–Crippen MR) is 53.8 cm³/mol. The van der Waals surface area contributed by atoms with Crippen LogP contribution in [0.1, 0.15) is 24.0 Å². The first-order valence-corrected chi connectivity index (χ1v) is 4.41. The number of hydrogen-bond donors (Lipinski definition) is 1. The van der Waals surface area contributed by atoms with Crippen molar-refractivity contribution in [2.45, 2.75) is 12.8 Å². The average molecular weight is 205 g/mol. The second-order valence-electron chi connectivity index (χ2n) is 3.13.